The van der Waals surface area contributed by atoms with Gasteiger partial charge in [0.2, 0.25) is 0 Å². The van der Waals surface area contributed by atoms with Crippen molar-refractivity contribution in [3.63, 3.8) is 0 Å². The Morgan fingerprint density at radius 2 is 1.89 bits per heavy atom. The van der Waals surface area contributed by atoms with E-state index >= 15 is 0 Å². The van der Waals surface area contributed by atoms with Crippen molar-refractivity contribution in [1.82, 2.24) is 0 Å². The molecule has 1 saturated heterocycles. The topological polar surface area (TPSA) is 29.1 Å². The average molecular weight is 312 g/mol. The second-order valence-corrected chi connectivity index (χ2v) is 6.53. The van der Waals surface area contributed by atoms with Crippen LogP contribution in [0, 0.1) is 0 Å². The van der Waals surface area contributed by atoms with Crippen LogP contribution >= 0.6 is 11.6 Å². The van der Waals surface area contributed by atoms with E-state index < -0.39 is 22.5 Å². The Labute approximate surface area is 116 Å². The van der Waals surface area contributed by atoms with Crippen molar-refractivity contribution < 1.29 is 17.4 Å². The summed E-state index contributed by atoms with van der Waals surface area (Å²) in [7, 11) is -0.842. The van der Waals surface area contributed by atoms with Crippen LogP contribution in [0.15, 0.2) is 18.2 Å². The molecule has 1 fully saturated rings. The number of rotatable bonds is 2. The fraction of sp³-hybridized carbons (Fsp3) is 0.500. The first-order valence-corrected chi connectivity index (χ1v) is 7.72. The molecule has 0 amide bonds. The fourth-order valence-electron chi connectivity index (χ4n) is 2.05. The van der Waals surface area contributed by atoms with E-state index in [-0.39, 0.29) is 16.8 Å². The summed E-state index contributed by atoms with van der Waals surface area (Å²) >= 11 is 5.86. The van der Waals surface area contributed by atoms with Gasteiger partial charge in [0.05, 0.1) is 16.3 Å². The van der Waals surface area contributed by atoms with Gasteiger partial charge in [-0.1, -0.05) is 17.7 Å². The molecule has 1 aromatic carbocycles. The predicted octanol–water partition coefficient (Wildman–Crippen LogP) is 3.68. The molecule has 106 valence electrons. The minimum atomic E-state index is -4.44. The van der Waals surface area contributed by atoms with Crippen molar-refractivity contribution >= 4 is 28.1 Å². The summed E-state index contributed by atoms with van der Waals surface area (Å²) in [5.74, 6) is 1.03. The lowest BCUT2D eigenvalue weighted by Gasteiger charge is -2.26. The Balaban J connectivity index is 2.22. The summed E-state index contributed by atoms with van der Waals surface area (Å²) in [6.45, 7) is 0. The lowest BCUT2D eigenvalue weighted by atomic mass is 10.1. The molecule has 19 heavy (non-hydrogen) atoms. The van der Waals surface area contributed by atoms with E-state index in [0.29, 0.717) is 24.3 Å². The molecule has 1 aromatic rings. The molecule has 0 unspecified atom stereocenters. The van der Waals surface area contributed by atoms with E-state index in [4.69, 9.17) is 11.6 Å². The Morgan fingerprint density at radius 3 is 2.47 bits per heavy atom. The maximum absolute atomic E-state index is 12.9. The second kappa shape index (κ2) is 5.71. The minimum Gasteiger partial charge on any atom is -0.381 e. The zero-order valence-corrected chi connectivity index (χ0v) is 11.5. The molecule has 1 N–H and O–H groups in total. The van der Waals surface area contributed by atoms with Crippen molar-refractivity contribution in [3.8, 4) is 0 Å². The Bertz CT molecular complexity index is 482. The third-order valence-corrected chi connectivity index (χ3v) is 4.75. The average Bonchev–Trinajstić information content (AvgIpc) is 2.33. The highest BCUT2D eigenvalue weighted by Crippen LogP contribution is 2.39. The number of benzene rings is 1. The monoisotopic (exact) mass is 311 g/mol. The fourth-order valence-corrected chi connectivity index (χ4v) is 3.58. The second-order valence-electron chi connectivity index (χ2n) is 4.43. The number of hydrogen-bond acceptors (Lipinski definition) is 2. The van der Waals surface area contributed by atoms with Gasteiger partial charge < -0.3 is 5.32 Å². The predicted molar refractivity (Wildman–Crippen MR) is 71.0 cm³/mol. The highest BCUT2D eigenvalue weighted by Gasteiger charge is 2.35. The van der Waals surface area contributed by atoms with Crippen molar-refractivity contribution in [2.75, 3.05) is 16.8 Å². The van der Waals surface area contributed by atoms with Crippen molar-refractivity contribution in [1.29, 1.82) is 0 Å². The molecule has 7 heteroatoms. The van der Waals surface area contributed by atoms with Gasteiger partial charge in [0.1, 0.15) is 0 Å². The molecule has 0 radical (unpaired) electrons. The maximum atomic E-state index is 12.9. The van der Waals surface area contributed by atoms with Crippen LogP contribution in [0.2, 0.25) is 5.02 Å². The first-order valence-electron chi connectivity index (χ1n) is 5.85. The number of nitrogens with one attached hydrogen (secondary N) is 1. The zero-order chi connectivity index (χ0) is 14.0. The van der Waals surface area contributed by atoms with Crippen molar-refractivity contribution in [2.45, 2.75) is 25.1 Å². The lowest BCUT2D eigenvalue weighted by molar-refractivity contribution is -0.137. The van der Waals surface area contributed by atoms with Gasteiger partial charge >= 0.3 is 6.18 Å². The lowest BCUT2D eigenvalue weighted by Crippen LogP contribution is -2.30. The SMILES string of the molecule is O=S1CCC(Nc2c(Cl)cccc2C(F)(F)F)CC1. The molecule has 2 nitrogen and oxygen atoms in total. The van der Waals surface area contributed by atoms with Crippen LogP contribution in [0.3, 0.4) is 0 Å². The Hall–Kier alpha value is -0.750. The summed E-state index contributed by atoms with van der Waals surface area (Å²) in [5.41, 5.74) is -0.832. The molecule has 1 aliphatic rings. The van der Waals surface area contributed by atoms with E-state index in [1.807, 2.05) is 0 Å². The van der Waals surface area contributed by atoms with E-state index in [1.165, 1.54) is 12.1 Å². The smallest absolute Gasteiger partial charge is 0.381 e. The Kier molecular flexibility index (Phi) is 4.40. The molecule has 0 bridgehead atoms. The molecule has 0 saturated carbocycles. The maximum Gasteiger partial charge on any atom is 0.418 e. The van der Waals surface area contributed by atoms with E-state index in [0.717, 1.165) is 6.07 Å². The van der Waals surface area contributed by atoms with Crippen LogP contribution in [0.1, 0.15) is 18.4 Å². The van der Waals surface area contributed by atoms with Crippen molar-refractivity contribution in [3.05, 3.63) is 28.8 Å². The summed E-state index contributed by atoms with van der Waals surface area (Å²) in [6, 6.07) is 3.61. The zero-order valence-electron chi connectivity index (χ0n) is 9.97. The largest absolute Gasteiger partial charge is 0.418 e. The normalized spacial score (nSPS) is 24.2. The summed E-state index contributed by atoms with van der Waals surface area (Å²) in [5, 5.41) is 2.92. The Morgan fingerprint density at radius 1 is 1.26 bits per heavy atom. The van der Waals surface area contributed by atoms with Crippen molar-refractivity contribution in [2.24, 2.45) is 0 Å². The molecule has 0 spiro atoms. The van der Waals surface area contributed by atoms with E-state index in [1.54, 1.807) is 0 Å². The first-order chi connectivity index (χ1) is 8.88. The summed E-state index contributed by atoms with van der Waals surface area (Å²) in [4.78, 5) is 0. The van der Waals surface area contributed by atoms with Crippen LogP contribution in [-0.2, 0) is 17.0 Å². The number of alkyl halides is 3. The van der Waals surface area contributed by atoms with Gasteiger partial charge in [0.25, 0.3) is 0 Å². The number of anilines is 1. The van der Waals surface area contributed by atoms with Crippen LogP contribution in [-0.4, -0.2) is 21.8 Å². The molecule has 1 aliphatic heterocycles. The van der Waals surface area contributed by atoms with E-state index in [2.05, 4.69) is 5.32 Å². The van der Waals surface area contributed by atoms with Gasteiger partial charge in [0, 0.05) is 28.3 Å². The molecule has 0 aliphatic carbocycles. The third kappa shape index (κ3) is 3.63. The van der Waals surface area contributed by atoms with Gasteiger partial charge in [-0.25, -0.2) is 0 Å². The quantitative estimate of drug-likeness (QED) is 0.902. The molecule has 0 aromatic heterocycles. The van der Waals surface area contributed by atoms with Gasteiger partial charge in [-0.15, -0.1) is 0 Å². The van der Waals surface area contributed by atoms with E-state index in [9.17, 15) is 17.4 Å². The molecule has 0 atom stereocenters. The van der Waals surface area contributed by atoms with Crippen LogP contribution in [0.25, 0.3) is 0 Å². The molecule has 2 rings (SSSR count). The first kappa shape index (κ1) is 14.7. The van der Waals surface area contributed by atoms with Gasteiger partial charge in [0.15, 0.2) is 0 Å². The summed E-state index contributed by atoms with van der Waals surface area (Å²) < 4.78 is 49.9. The van der Waals surface area contributed by atoms with Crippen LogP contribution < -0.4 is 5.32 Å². The standard InChI is InChI=1S/C12H13ClF3NOS/c13-10-3-1-2-9(12(14,15)16)11(10)17-8-4-6-19(18)7-5-8/h1-3,8,17H,4-7H2. The van der Waals surface area contributed by atoms with Crippen LogP contribution in [0.5, 0.6) is 0 Å². The number of para-hydroxylation sites is 1. The minimum absolute atomic E-state index is 0.0570. The summed E-state index contributed by atoms with van der Waals surface area (Å²) in [6.07, 6.45) is -3.25. The third-order valence-electron chi connectivity index (χ3n) is 3.06. The highest BCUT2D eigenvalue weighted by atomic mass is 35.5. The highest BCUT2D eigenvalue weighted by molar-refractivity contribution is 7.85. The molecule has 1 heterocycles. The van der Waals surface area contributed by atoms with Gasteiger partial charge in [-0.2, -0.15) is 13.2 Å². The number of hydrogen-bond donors (Lipinski definition) is 1. The van der Waals surface area contributed by atoms with Gasteiger partial charge in [-0.05, 0) is 25.0 Å². The molecular formula is C12H13ClF3NOS. The number of halogens is 4. The van der Waals surface area contributed by atoms with Crippen LogP contribution in [0.4, 0.5) is 18.9 Å². The molecular weight excluding hydrogens is 299 g/mol. The van der Waals surface area contributed by atoms with Gasteiger partial charge in [-0.3, -0.25) is 4.21 Å².